The van der Waals surface area contributed by atoms with Gasteiger partial charge in [-0.15, -0.1) is 0 Å². The number of phenolic OH excluding ortho intramolecular Hbond substituents is 1. The standard InChI is InChI=1S/C16H23NO/c1-17(2)12-16(13-6-4-3-5-7-13)14-8-10-15(18)11-9-14/h6,8-11,16,18H,3-5,7,12H2,1-2H3/t16-/m1/s1. The Balaban J connectivity index is 2.23. The molecule has 1 aromatic carbocycles. The van der Waals surface area contributed by atoms with E-state index in [0.717, 1.165) is 6.54 Å². The molecular formula is C16H23NO. The Labute approximate surface area is 110 Å². The Morgan fingerprint density at radius 3 is 2.44 bits per heavy atom. The molecule has 0 heterocycles. The van der Waals surface area contributed by atoms with Crippen molar-refractivity contribution in [2.75, 3.05) is 20.6 Å². The Morgan fingerprint density at radius 2 is 1.89 bits per heavy atom. The quantitative estimate of drug-likeness (QED) is 0.820. The molecule has 18 heavy (non-hydrogen) atoms. The van der Waals surface area contributed by atoms with Gasteiger partial charge in [0.25, 0.3) is 0 Å². The third-order valence-corrected chi connectivity index (χ3v) is 3.62. The van der Waals surface area contributed by atoms with E-state index in [4.69, 9.17) is 0 Å². The van der Waals surface area contributed by atoms with Gasteiger partial charge in [-0.25, -0.2) is 0 Å². The van der Waals surface area contributed by atoms with Crippen LogP contribution in [-0.2, 0) is 0 Å². The van der Waals surface area contributed by atoms with Crippen LogP contribution in [0.15, 0.2) is 35.9 Å². The molecule has 2 rings (SSSR count). The van der Waals surface area contributed by atoms with E-state index in [1.54, 1.807) is 17.7 Å². The van der Waals surface area contributed by atoms with Crippen LogP contribution >= 0.6 is 0 Å². The second-order valence-electron chi connectivity index (χ2n) is 5.43. The summed E-state index contributed by atoms with van der Waals surface area (Å²) in [7, 11) is 4.24. The average molecular weight is 245 g/mol. The molecule has 1 N–H and O–H groups in total. The van der Waals surface area contributed by atoms with E-state index in [0.29, 0.717) is 11.7 Å². The summed E-state index contributed by atoms with van der Waals surface area (Å²) in [6.07, 6.45) is 7.50. The van der Waals surface area contributed by atoms with Crippen LogP contribution in [0, 0.1) is 0 Å². The normalized spacial score (nSPS) is 17.6. The number of phenols is 1. The summed E-state index contributed by atoms with van der Waals surface area (Å²) < 4.78 is 0. The highest BCUT2D eigenvalue weighted by Crippen LogP contribution is 2.32. The summed E-state index contributed by atoms with van der Waals surface area (Å²) in [4.78, 5) is 2.24. The maximum Gasteiger partial charge on any atom is 0.115 e. The zero-order valence-electron chi connectivity index (χ0n) is 11.4. The van der Waals surface area contributed by atoms with Crippen molar-refractivity contribution < 1.29 is 5.11 Å². The van der Waals surface area contributed by atoms with Gasteiger partial charge in [0.15, 0.2) is 0 Å². The lowest BCUT2D eigenvalue weighted by Gasteiger charge is -2.26. The van der Waals surface area contributed by atoms with Gasteiger partial charge in [-0.3, -0.25) is 0 Å². The van der Waals surface area contributed by atoms with Crippen LogP contribution in [0.5, 0.6) is 5.75 Å². The SMILES string of the molecule is CN(C)C[C@H](C1=CCCCC1)c1ccc(O)cc1. The molecular weight excluding hydrogens is 222 g/mol. The molecule has 0 saturated carbocycles. The number of hydrogen-bond acceptors (Lipinski definition) is 2. The van der Waals surface area contributed by atoms with Gasteiger partial charge in [0.2, 0.25) is 0 Å². The molecule has 1 aliphatic carbocycles. The monoisotopic (exact) mass is 245 g/mol. The van der Waals surface area contributed by atoms with Gasteiger partial charge in [-0.05, 0) is 57.5 Å². The lowest BCUT2D eigenvalue weighted by atomic mass is 9.84. The molecule has 0 radical (unpaired) electrons. The topological polar surface area (TPSA) is 23.5 Å². The van der Waals surface area contributed by atoms with Crippen molar-refractivity contribution in [1.29, 1.82) is 0 Å². The molecule has 98 valence electrons. The van der Waals surface area contributed by atoms with Gasteiger partial charge in [0, 0.05) is 12.5 Å². The minimum atomic E-state index is 0.347. The zero-order valence-corrected chi connectivity index (χ0v) is 11.4. The first-order chi connectivity index (χ1) is 8.66. The van der Waals surface area contributed by atoms with Crippen LogP contribution < -0.4 is 0 Å². The zero-order chi connectivity index (χ0) is 13.0. The van der Waals surface area contributed by atoms with Crippen LogP contribution in [0.4, 0.5) is 0 Å². The molecule has 0 aliphatic heterocycles. The van der Waals surface area contributed by atoms with E-state index in [1.165, 1.54) is 31.2 Å². The van der Waals surface area contributed by atoms with Crippen LogP contribution in [0.1, 0.15) is 37.2 Å². The number of nitrogens with zero attached hydrogens (tertiary/aromatic N) is 1. The molecule has 1 aromatic rings. The van der Waals surface area contributed by atoms with E-state index in [2.05, 4.69) is 37.2 Å². The first-order valence-corrected chi connectivity index (χ1v) is 6.79. The van der Waals surface area contributed by atoms with E-state index >= 15 is 0 Å². The fourth-order valence-electron chi connectivity index (χ4n) is 2.69. The third-order valence-electron chi connectivity index (χ3n) is 3.62. The van der Waals surface area contributed by atoms with Crippen LogP contribution in [0.25, 0.3) is 0 Å². The van der Waals surface area contributed by atoms with Crippen molar-refractivity contribution in [1.82, 2.24) is 4.90 Å². The fourth-order valence-corrected chi connectivity index (χ4v) is 2.69. The summed E-state index contributed by atoms with van der Waals surface area (Å²) in [5.41, 5.74) is 2.88. The van der Waals surface area contributed by atoms with Gasteiger partial charge in [0.1, 0.15) is 5.75 Å². The number of rotatable bonds is 4. The summed E-state index contributed by atoms with van der Waals surface area (Å²) in [6.45, 7) is 1.04. The molecule has 0 unspecified atom stereocenters. The van der Waals surface area contributed by atoms with Gasteiger partial charge in [-0.1, -0.05) is 23.8 Å². The number of likely N-dealkylation sites (N-methyl/N-ethyl adjacent to an activating group) is 1. The Kier molecular flexibility index (Phi) is 4.43. The molecule has 0 aromatic heterocycles. The van der Waals surface area contributed by atoms with Crippen molar-refractivity contribution in [3.63, 3.8) is 0 Å². The Bertz CT molecular complexity index is 406. The summed E-state index contributed by atoms with van der Waals surface area (Å²) in [5.74, 6) is 0.820. The first-order valence-electron chi connectivity index (χ1n) is 6.79. The summed E-state index contributed by atoms with van der Waals surface area (Å²) >= 11 is 0. The Hall–Kier alpha value is -1.28. The molecule has 0 bridgehead atoms. The molecule has 1 aliphatic rings. The third kappa shape index (κ3) is 3.36. The van der Waals surface area contributed by atoms with E-state index in [9.17, 15) is 5.11 Å². The van der Waals surface area contributed by atoms with Crippen LogP contribution in [-0.4, -0.2) is 30.6 Å². The summed E-state index contributed by atoms with van der Waals surface area (Å²) in [5, 5.41) is 9.41. The van der Waals surface area contributed by atoms with Gasteiger partial charge in [-0.2, -0.15) is 0 Å². The highest BCUT2D eigenvalue weighted by atomic mass is 16.3. The molecule has 0 spiro atoms. The number of allylic oxidation sites excluding steroid dienone is 1. The Morgan fingerprint density at radius 1 is 1.17 bits per heavy atom. The van der Waals surface area contributed by atoms with Crippen molar-refractivity contribution >= 4 is 0 Å². The van der Waals surface area contributed by atoms with Gasteiger partial charge < -0.3 is 10.0 Å². The van der Waals surface area contributed by atoms with Crippen molar-refractivity contribution in [2.45, 2.75) is 31.6 Å². The molecule has 2 heteroatoms. The minimum absolute atomic E-state index is 0.347. The molecule has 0 amide bonds. The van der Waals surface area contributed by atoms with E-state index in [1.807, 2.05) is 0 Å². The van der Waals surface area contributed by atoms with E-state index in [-0.39, 0.29) is 0 Å². The molecule has 2 nitrogen and oxygen atoms in total. The van der Waals surface area contributed by atoms with Crippen LogP contribution in [0.2, 0.25) is 0 Å². The number of aromatic hydroxyl groups is 1. The largest absolute Gasteiger partial charge is 0.508 e. The lowest BCUT2D eigenvalue weighted by Crippen LogP contribution is -2.22. The predicted molar refractivity (Wildman–Crippen MR) is 76.0 cm³/mol. The van der Waals surface area contributed by atoms with Crippen molar-refractivity contribution in [2.24, 2.45) is 0 Å². The van der Waals surface area contributed by atoms with Crippen LogP contribution in [0.3, 0.4) is 0 Å². The smallest absolute Gasteiger partial charge is 0.115 e. The lowest BCUT2D eigenvalue weighted by molar-refractivity contribution is 0.383. The highest BCUT2D eigenvalue weighted by Gasteiger charge is 2.19. The molecule has 0 saturated heterocycles. The average Bonchev–Trinajstić information content (AvgIpc) is 2.38. The number of benzene rings is 1. The highest BCUT2D eigenvalue weighted by molar-refractivity contribution is 5.34. The van der Waals surface area contributed by atoms with Gasteiger partial charge >= 0.3 is 0 Å². The molecule has 0 fully saturated rings. The van der Waals surface area contributed by atoms with E-state index < -0.39 is 0 Å². The van der Waals surface area contributed by atoms with Gasteiger partial charge in [0.05, 0.1) is 0 Å². The maximum absolute atomic E-state index is 9.41. The minimum Gasteiger partial charge on any atom is -0.508 e. The number of hydrogen-bond donors (Lipinski definition) is 1. The van der Waals surface area contributed by atoms with Crippen molar-refractivity contribution in [3.05, 3.63) is 41.5 Å². The second kappa shape index (κ2) is 6.05. The fraction of sp³-hybridized carbons (Fsp3) is 0.500. The predicted octanol–water partition coefficient (Wildman–Crippen LogP) is 3.54. The first kappa shape index (κ1) is 13.2. The second-order valence-corrected chi connectivity index (χ2v) is 5.43. The maximum atomic E-state index is 9.41. The van der Waals surface area contributed by atoms with Crippen molar-refractivity contribution in [3.8, 4) is 5.75 Å². The summed E-state index contributed by atoms with van der Waals surface area (Å²) in [6, 6.07) is 7.70. The molecule has 1 atom stereocenters.